The minimum Gasteiger partial charge on any atom is -0.445 e. The number of benzene rings is 3. The molecule has 9 heteroatoms. The van der Waals surface area contributed by atoms with E-state index in [1.165, 1.54) is 0 Å². The number of alkyl carbamates (subject to hydrolysis) is 1. The monoisotopic (exact) mass is 494 g/mol. The first-order chi connectivity index (χ1) is 16.7. The van der Waals surface area contributed by atoms with E-state index in [-0.39, 0.29) is 18.9 Å². The standard InChI is InChI=1S/C26H26N2O6S/c1-19(22-13-8-14-23(17-22)24(29)21-11-6-3-7-12-21)25(30)28-35(32,33)16-15-27-26(31)34-18-20-9-4-2-5-10-20/h2-14,17,19H,15-16,18H2,1H3,(H,27,31)(H,28,30)/t19-/m1/s1. The summed E-state index contributed by atoms with van der Waals surface area (Å²) in [5.41, 5.74) is 2.21. The van der Waals surface area contributed by atoms with Crippen molar-refractivity contribution in [1.82, 2.24) is 10.0 Å². The highest BCUT2D eigenvalue weighted by atomic mass is 32.2. The van der Waals surface area contributed by atoms with Crippen LogP contribution in [0.3, 0.4) is 0 Å². The number of ketones is 1. The van der Waals surface area contributed by atoms with Gasteiger partial charge in [0, 0.05) is 17.7 Å². The number of sulfonamides is 1. The average Bonchev–Trinajstić information content (AvgIpc) is 2.87. The Kier molecular flexibility index (Phi) is 8.74. The lowest BCUT2D eigenvalue weighted by Gasteiger charge is -2.14. The molecule has 1 atom stereocenters. The Labute approximate surface area is 204 Å². The summed E-state index contributed by atoms with van der Waals surface area (Å²) in [6.07, 6.45) is -0.761. The molecule has 8 nitrogen and oxygen atoms in total. The quantitative estimate of drug-likeness (QED) is 0.417. The molecular weight excluding hydrogens is 468 g/mol. The maximum atomic E-state index is 12.7. The lowest BCUT2D eigenvalue weighted by molar-refractivity contribution is -0.120. The van der Waals surface area contributed by atoms with Gasteiger partial charge in [0.25, 0.3) is 0 Å². The maximum Gasteiger partial charge on any atom is 0.407 e. The summed E-state index contributed by atoms with van der Waals surface area (Å²) in [6, 6.07) is 24.3. The molecule has 2 N–H and O–H groups in total. The van der Waals surface area contributed by atoms with Crippen molar-refractivity contribution in [2.24, 2.45) is 0 Å². The minimum absolute atomic E-state index is 0.0551. The van der Waals surface area contributed by atoms with Gasteiger partial charge >= 0.3 is 6.09 Å². The molecule has 0 spiro atoms. The topological polar surface area (TPSA) is 119 Å². The van der Waals surface area contributed by atoms with Crippen LogP contribution < -0.4 is 10.0 Å². The van der Waals surface area contributed by atoms with Gasteiger partial charge in [0.1, 0.15) is 6.61 Å². The fourth-order valence-corrected chi connectivity index (χ4v) is 4.17. The summed E-state index contributed by atoms with van der Waals surface area (Å²) in [7, 11) is -4.00. The van der Waals surface area contributed by atoms with Crippen molar-refractivity contribution in [2.75, 3.05) is 12.3 Å². The van der Waals surface area contributed by atoms with Crippen LogP contribution in [0.1, 0.15) is 39.9 Å². The third kappa shape index (κ3) is 7.79. The second-order valence-corrected chi connectivity index (χ2v) is 9.66. The summed E-state index contributed by atoms with van der Waals surface area (Å²) in [4.78, 5) is 37.0. The molecule has 2 amide bonds. The lowest BCUT2D eigenvalue weighted by Crippen LogP contribution is -2.39. The SMILES string of the molecule is C[C@@H](C(=O)NS(=O)(=O)CCNC(=O)OCc1ccccc1)c1cccc(C(=O)c2ccccc2)c1. The third-order valence-electron chi connectivity index (χ3n) is 5.19. The molecule has 0 saturated heterocycles. The fraction of sp³-hybridized carbons (Fsp3) is 0.192. The van der Waals surface area contributed by atoms with Gasteiger partial charge in [-0.15, -0.1) is 0 Å². The van der Waals surface area contributed by atoms with E-state index in [2.05, 4.69) is 5.32 Å². The fourth-order valence-electron chi connectivity index (χ4n) is 3.21. The van der Waals surface area contributed by atoms with Crippen LogP contribution in [-0.2, 0) is 26.2 Å². The number of hydrogen-bond acceptors (Lipinski definition) is 6. The van der Waals surface area contributed by atoms with Crippen molar-refractivity contribution in [3.63, 3.8) is 0 Å². The number of rotatable bonds is 10. The minimum atomic E-state index is -4.00. The second-order valence-electron chi connectivity index (χ2n) is 7.82. The van der Waals surface area contributed by atoms with Crippen molar-refractivity contribution < 1.29 is 27.5 Å². The lowest BCUT2D eigenvalue weighted by atomic mass is 9.95. The van der Waals surface area contributed by atoms with Crippen LogP contribution in [0.15, 0.2) is 84.9 Å². The summed E-state index contributed by atoms with van der Waals surface area (Å²) in [6.45, 7) is 1.38. The van der Waals surface area contributed by atoms with Crippen LogP contribution in [0.4, 0.5) is 4.79 Å². The van der Waals surface area contributed by atoms with E-state index in [0.717, 1.165) is 5.56 Å². The molecule has 0 unspecified atom stereocenters. The molecule has 0 aliphatic carbocycles. The van der Waals surface area contributed by atoms with Crippen molar-refractivity contribution in [1.29, 1.82) is 0 Å². The van der Waals surface area contributed by atoms with Gasteiger partial charge in [-0.1, -0.05) is 78.9 Å². The second kappa shape index (κ2) is 11.9. The van der Waals surface area contributed by atoms with E-state index in [1.54, 1.807) is 67.6 Å². The molecule has 0 aliphatic heterocycles. The highest BCUT2D eigenvalue weighted by molar-refractivity contribution is 7.90. The number of carbonyl (C=O) groups is 3. The van der Waals surface area contributed by atoms with Gasteiger partial charge in [0.2, 0.25) is 15.9 Å². The van der Waals surface area contributed by atoms with Crippen molar-refractivity contribution >= 4 is 27.8 Å². The van der Waals surface area contributed by atoms with Crippen LogP contribution in [0, 0.1) is 0 Å². The molecular formula is C26H26N2O6S. The molecule has 3 rings (SSSR count). The van der Waals surface area contributed by atoms with E-state index >= 15 is 0 Å². The molecule has 35 heavy (non-hydrogen) atoms. The highest BCUT2D eigenvalue weighted by Crippen LogP contribution is 2.19. The molecule has 3 aromatic carbocycles. The number of amides is 2. The molecule has 0 aliphatic rings. The number of ether oxygens (including phenoxy) is 1. The summed E-state index contributed by atoms with van der Waals surface area (Å²) in [5, 5.41) is 2.35. The predicted molar refractivity (Wildman–Crippen MR) is 131 cm³/mol. The zero-order valence-electron chi connectivity index (χ0n) is 19.1. The molecule has 0 bridgehead atoms. The number of nitrogens with one attached hydrogen (secondary N) is 2. The Morgan fingerprint density at radius 2 is 1.49 bits per heavy atom. The highest BCUT2D eigenvalue weighted by Gasteiger charge is 2.22. The molecule has 3 aromatic rings. The summed E-state index contributed by atoms with van der Waals surface area (Å²) < 4.78 is 31.7. The zero-order chi connectivity index (χ0) is 25.3. The van der Waals surface area contributed by atoms with Crippen LogP contribution in [0.2, 0.25) is 0 Å². The Balaban J connectivity index is 1.51. The van der Waals surface area contributed by atoms with Crippen LogP contribution in [-0.4, -0.2) is 38.5 Å². The van der Waals surface area contributed by atoms with Gasteiger partial charge in [0.15, 0.2) is 5.78 Å². The van der Waals surface area contributed by atoms with Gasteiger partial charge in [-0.05, 0) is 24.1 Å². The number of hydrogen-bond donors (Lipinski definition) is 2. The molecule has 0 aromatic heterocycles. The molecule has 0 saturated carbocycles. The van der Waals surface area contributed by atoms with Crippen molar-refractivity contribution in [3.8, 4) is 0 Å². The third-order valence-corrected chi connectivity index (χ3v) is 6.44. The van der Waals surface area contributed by atoms with E-state index in [0.29, 0.717) is 16.7 Å². The van der Waals surface area contributed by atoms with Crippen LogP contribution in [0.25, 0.3) is 0 Å². The van der Waals surface area contributed by atoms with E-state index < -0.39 is 33.7 Å². The molecule has 0 radical (unpaired) electrons. The van der Waals surface area contributed by atoms with Gasteiger partial charge in [0.05, 0.1) is 11.7 Å². The average molecular weight is 495 g/mol. The largest absolute Gasteiger partial charge is 0.445 e. The van der Waals surface area contributed by atoms with Gasteiger partial charge in [-0.3, -0.25) is 14.3 Å². The summed E-state index contributed by atoms with van der Waals surface area (Å²) in [5.74, 6) is -2.26. The van der Waals surface area contributed by atoms with E-state index in [4.69, 9.17) is 4.74 Å². The van der Waals surface area contributed by atoms with Gasteiger partial charge in [-0.25, -0.2) is 13.2 Å². The first-order valence-corrected chi connectivity index (χ1v) is 12.6. The van der Waals surface area contributed by atoms with Crippen molar-refractivity contribution in [3.05, 3.63) is 107 Å². The Morgan fingerprint density at radius 1 is 0.857 bits per heavy atom. The van der Waals surface area contributed by atoms with E-state index in [1.807, 2.05) is 29.0 Å². The van der Waals surface area contributed by atoms with E-state index in [9.17, 15) is 22.8 Å². The zero-order valence-corrected chi connectivity index (χ0v) is 20.0. The number of carbonyl (C=O) groups excluding carboxylic acids is 3. The molecule has 182 valence electrons. The predicted octanol–water partition coefficient (Wildman–Crippen LogP) is 3.39. The Hall–Kier alpha value is -3.98. The first kappa shape index (κ1) is 25.6. The maximum absolute atomic E-state index is 12.7. The Morgan fingerprint density at radius 3 is 2.17 bits per heavy atom. The smallest absolute Gasteiger partial charge is 0.407 e. The summed E-state index contributed by atoms with van der Waals surface area (Å²) >= 11 is 0. The van der Waals surface area contributed by atoms with Gasteiger partial charge < -0.3 is 10.1 Å². The molecule has 0 fully saturated rings. The van der Waals surface area contributed by atoms with Crippen molar-refractivity contribution in [2.45, 2.75) is 19.4 Å². The first-order valence-electron chi connectivity index (χ1n) is 10.9. The van der Waals surface area contributed by atoms with Gasteiger partial charge in [-0.2, -0.15) is 0 Å². The Bertz CT molecular complexity index is 1280. The van der Waals surface area contributed by atoms with Crippen LogP contribution in [0.5, 0.6) is 0 Å². The van der Waals surface area contributed by atoms with Crippen LogP contribution >= 0.6 is 0 Å². The molecule has 0 heterocycles. The normalized spacial score (nSPS) is 11.8.